The van der Waals surface area contributed by atoms with Crippen molar-refractivity contribution in [2.45, 2.75) is 19.4 Å². The van der Waals surface area contributed by atoms with Crippen molar-refractivity contribution in [2.24, 2.45) is 11.7 Å². The second-order valence-corrected chi connectivity index (χ2v) is 6.67. The van der Waals surface area contributed by atoms with Crippen LogP contribution in [0.2, 0.25) is 0 Å². The van der Waals surface area contributed by atoms with E-state index < -0.39 is 0 Å². The van der Waals surface area contributed by atoms with Crippen LogP contribution in [0.4, 0.5) is 0 Å². The summed E-state index contributed by atoms with van der Waals surface area (Å²) >= 11 is 3.42. The molecule has 1 saturated heterocycles. The molecule has 0 bridgehead atoms. The van der Waals surface area contributed by atoms with Gasteiger partial charge in [-0.15, -0.1) is 0 Å². The Hall–Kier alpha value is -1.69. The molecule has 120 valence electrons. The lowest BCUT2D eigenvalue weighted by molar-refractivity contribution is -0.184. The van der Waals surface area contributed by atoms with Gasteiger partial charge in [0.05, 0.1) is 12.5 Å². The van der Waals surface area contributed by atoms with E-state index in [2.05, 4.69) is 33.0 Å². The average Bonchev–Trinajstić information content (AvgIpc) is 2.53. The average molecular weight is 375 g/mol. The largest absolute Gasteiger partial charge is 0.369 e. The van der Waals surface area contributed by atoms with Crippen molar-refractivity contribution in [3.63, 3.8) is 0 Å². The molecule has 0 radical (unpaired) electrons. The van der Waals surface area contributed by atoms with Gasteiger partial charge in [-0.05, 0) is 23.3 Å². The van der Waals surface area contributed by atoms with E-state index in [1.165, 1.54) is 5.56 Å². The zero-order valence-corrected chi connectivity index (χ0v) is 14.3. The fraction of sp³-hybridized carbons (Fsp3) is 0.278. The van der Waals surface area contributed by atoms with Crippen LogP contribution in [0, 0.1) is 5.92 Å². The normalized spacial score (nSPS) is 20.9. The summed E-state index contributed by atoms with van der Waals surface area (Å²) in [4.78, 5) is 13.7. The van der Waals surface area contributed by atoms with E-state index in [1.807, 2.05) is 42.5 Å². The highest BCUT2D eigenvalue weighted by Crippen LogP contribution is 2.28. The van der Waals surface area contributed by atoms with Crippen LogP contribution >= 0.6 is 15.9 Å². The SMILES string of the molecule is NC(=O)C1CN(Cc2ccccc2)C1OCc1ccc(Br)cc1. The summed E-state index contributed by atoms with van der Waals surface area (Å²) in [6.07, 6.45) is -0.253. The van der Waals surface area contributed by atoms with Gasteiger partial charge >= 0.3 is 0 Å². The third-order valence-corrected chi connectivity index (χ3v) is 4.59. The molecule has 2 N–H and O–H groups in total. The molecule has 2 unspecified atom stereocenters. The van der Waals surface area contributed by atoms with Crippen LogP contribution < -0.4 is 5.73 Å². The highest BCUT2D eigenvalue weighted by molar-refractivity contribution is 9.10. The van der Waals surface area contributed by atoms with E-state index in [0.717, 1.165) is 16.6 Å². The summed E-state index contributed by atoms with van der Waals surface area (Å²) in [6, 6.07) is 18.1. The maximum Gasteiger partial charge on any atom is 0.225 e. The molecular formula is C18H19BrN2O2. The van der Waals surface area contributed by atoms with Crippen LogP contribution in [0.3, 0.4) is 0 Å². The number of hydrogen-bond acceptors (Lipinski definition) is 3. The fourth-order valence-corrected chi connectivity index (χ4v) is 3.01. The number of hydrogen-bond donors (Lipinski definition) is 1. The first-order chi connectivity index (χ1) is 11.1. The number of ether oxygens (including phenoxy) is 1. The van der Waals surface area contributed by atoms with Gasteiger partial charge in [-0.1, -0.05) is 58.4 Å². The van der Waals surface area contributed by atoms with Crippen LogP contribution in [-0.2, 0) is 22.7 Å². The van der Waals surface area contributed by atoms with Gasteiger partial charge < -0.3 is 10.5 Å². The minimum atomic E-state index is -0.296. The first-order valence-corrected chi connectivity index (χ1v) is 8.36. The monoisotopic (exact) mass is 374 g/mol. The summed E-state index contributed by atoms with van der Waals surface area (Å²) in [5.41, 5.74) is 7.75. The number of likely N-dealkylation sites (tertiary alicyclic amines) is 1. The molecule has 2 aromatic rings. The van der Waals surface area contributed by atoms with Crippen molar-refractivity contribution in [3.8, 4) is 0 Å². The van der Waals surface area contributed by atoms with E-state index in [9.17, 15) is 4.79 Å². The fourth-order valence-electron chi connectivity index (χ4n) is 2.75. The van der Waals surface area contributed by atoms with Gasteiger partial charge in [0.1, 0.15) is 6.23 Å². The van der Waals surface area contributed by atoms with Crippen molar-refractivity contribution in [3.05, 3.63) is 70.2 Å². The van der Waals surface area contributed by atoms with E-state index >= 15 is 0 Å². The van der Waals surface area contributed by atoms with Crippen molar-refractivity contribution in [1.82, 2.24) is 4.90 Å². The van der Waals surface area contributed by atoms with Crippen molar-refractivity contribution < 1.29 is 9.53 Å². The molecule has 1 aliphatic rings. The lowest BCUT2D eigenvalue weighted by Gasteiger charge is -2.46. The number of amides is 1. The number of halogens is 1. The Morgan fingerprint density at radius 2 is 1.83 bits per heavy atom. The van der Waals surface area contributed by atoms with E-state index in [-0.39, 0.29) is 18.1 Å². The van der Waals surface area contributed by atoms with Gasteiger partial charge in [0.25, 0.3) is 0 Å². The zero-order valence-electron chi connectivity index (χ0n) is 12.7. The maximum absolute atomic E-state index is 11.6. The number of nitrogens with two attached hydrogens (primary N) is 1. The molecule has 23 heavy (non-hydrogen) atoms. The number of carbonyl (C=O) groups excluding carboxylic acids is 1. The van der Waals surface area contributed by atoms with E-state index in [4.69, 9.17) is 10.5 Å². The molecule has 0 aliphatic carbocycles. The molecule has 0 aromatic heterocycles. The number of rotatable bonds is 6. The van der Waals surface area contributed by atoms with Gasteiger partial charge in [-0.3, -0.25) is 9.69 Å². The number of primary amides is 1. The molecule has 2 aromatic carbocycles. The van der Waals surface area contributed by atoms with Crippen molar-refractivity contribution in [1.29, 1.82) is 0 Å². The first-order valence-electron chi connectivity index (χ1n) is 7.57. The second-order valence-electron chi connectivity index (χ2n) is 5.75. The zero-order chi connectivity index (χ0) is 16.2. The van der Waals surface area contributed by atoms with Gasteiger partial charge in [0.15, 0.2) is 0 Å². The number of nitrogens with zero attached hydrogens (tertiary/aromatic N) is 1. The van der Waals surface area contributed by atoms with Crippen LogP contribution in [0.15, 0.2) is 59.1 Å². The summed E-state index contributed by atoms with van der Waals surface area (Å²) in [5.74, 6) is -0.538. The van der Waals surface area contributed by atoms with E-state index in [0.29, 0.717) is 13.2 Å². The predicted octanol–water partition coefficient (Wildman–Crippen LogP) is 2.91. The molecule has 1 fully saturated rings. The van der Waals surface area contributed by atoms with E-state index in [1.54, 1.807) is 0 Å². The standard InChI is InChI=1S/C18H19BrN2O2/c19-15-8-6-14(7-9-15)12-23-18-16(17(20)22)11-21(18)10-13-4-2-1-3-5-13/h1-9,16,18H,10-12H2,(H2,20,22). The smallest absolute Gasteiger partial charge is 0.225 e. The van der Waals surface area contributed by atoms with Gasteiger partial charge in [-0.2, -0.15) is 0 Å². The Kier molecular flexibility index (Phi) is 5.10. The number of carbonyl (C=O) groups is 1. The molecule has 1 aliphatic heterocycles. The Labute approximate surface area is 144 Å². The van der Waals surface area contributed by atoms with Crippen LogP contribution in [0.1, 0.15) is 11.1 Å². The molecule has 5 heteroatoms. The molecule has 3 rings (SSSR count). The minimum absolute atomic E-state index is 0.242. The third kappa shape index (κ3) is 3.99. The van der Waals surface area contributed by atoms with Crippen molar-refractivity contribution >= 4 is 21.8 Å². The molecule has 0 spiro atoms. The van der Waals surface area contributed by atoms with Gasteiger partial charge in [0, 0.05) is 17.6 Å². The van der Waals surface area contributed by atoms with Gasteiger partial charge in [-0.25, -0.2) is 0 Å². The Morgan fingerprint density at radius 1 is 1.13 bits per heavy atom. The highest BCUT2D eigenvalue weighted by Gasteiger charge is 2.43. The van der Waals surface area contributed by atoms with Crippen LogP contribution in [-0.4, -0.2) is 23.6 Å². The predicted molar refractivity (Wildman–Crippen MR) is 92.3 cm³/mol. The quantitative estimate of drug-likeness (QED) is 0.845. The molecule has 2 atom stereocenters. The topological polar surface area (TPSA) is 55.6 Å². The third-order valence-electron chi connectivity index (χ3n) is 4.06. The van der Waals surface area contributed by atoms with Crippen LogP contribution in [0.5, 0.6) is 0 Å². The minimum Gasteiger partial charge on any atom is -0.369 e. The number of benzene rings is 2. The summed E-state index contributed by atoms with van der Waals surface area (Å²) in [6.45, 7) is 1.87. The Bertz CT molecular complexity index is 660. The summed E-state index contributed by atoms with van der Waals surface area (Å²) in [7, 11) is 0. The molecule has 0 saturated carbocycles. The lowest BCUT2D eigenvalue weighted by Crippen LogP contribution is -2.61. The Morgan fingerprint density at radius 3 is 2.48 bits per heavy atom. The van der Waals surface area contributed by atoms with Gasteiger partial charge in [0.2, 0.25) is 5.91 Å². The summed E-state index contributed by atoms with van der Waals surface area (Å²) < 4.78 is 7.01. The lowest BCUT2D eigenvalue weighted by atomic mass is 9.95. The second kappa shape index (κ2) is 7.25. The molecule has 1 amide bonds. The Balaban J connectivity index is 1.62. The first kappa shape index (κ1) is 16.2. The molecular weight excluding hydrogens is 356 g/mol. The molecule has 4 nitrogen and oxygen atoms in total. The summed E-state index contributed by atoms with van der Waals surface area (Å²) in [5, 5.41) is 0. The molecule has 1 heterocycles. The van der Waals surface area contributed by atoms with Crippen LogP contribution in [0.25, 0.3) is 0 Å². The highest BCUT2D eigenvalue weighted by atomic mass is 79.9. The van der Waals surface area contributed by atoms with Crippen molar-refractivity contribution in [2.75, 3.05) is 6.54 Å². The maximum atomic E-state index is 11.6.